The Bertz CT molecular complexity index is 133. The minimum absolute atomic E-state index is 0.849. The Morgan fingerprint density at radius 3 is 1.57 bits per heavy atom. The van der Waals surface area contributed by atoms with Crippen LogP contribution in [0.4, 0.5) is 0 Å². The topological polar surface area (TPSA) is 0 Å². The first-order valence-corrected chi connectivity index (χ1v) is 9.49. The van der Waals surface area contributed by atoms with Crippen LogP contribution in [0.2, 0.25) is 23.7 Å². The van der Waals surface area contributed by atoms with Crippen molar-refractivity contribution >= 4 is 8.07 Å². The molecule has 0 spiro atoms. The van der Waals surface area contributed by atoms with Crippen LogP contribution >= 0.6 is 0 Å². The van der Waals surface area contributed by atoms with Gasteiger partial charge in [-0.2, -0.15) is 0 Å². The van der Waals surface area contributed by atoms with Crippen molar-refractivity contribution in [3.8, 4) is 0 Å². The van der Waals surface area contributed by atoms with Crippen molar-refractivity contribution < 1.29 is 0 Å². The predicted octanol–water partition coefficient (Wildman–Crippen LogP) is 5.22. The summed E-state index contributed by atoms with van der Waals surface area (Å²) in [5.41, 5.74) is 1.17. The summed E-state index contributed by atoms with van der Waals surface area (Å²) in [7, 11) is -0.849. The summed E-state index contributed by atoms with van der Waals surface area (Å²) in [6.45, 7) is 7.39. The van der Waals surface area contributed by atoms with Crippen molar-refractivity contribution in [2.75, 3.05) is 0 Å². The van der Waals surface area contributed by atoms with E-state index in [-0.39, 0.29) is 0 Å². The number of rotatable bonds is 4. The maximum Gasteiger partial charge on any atom is 0.0558 e. The highest BCUT2D eigenvalue weighted by Gasteiger charge is 2.35. The predicted molar refractivity (Wildman–Crippen MR) is 68.6 cm³/mol. The van der Waals surface area contributed by atoms with Crippen molar-refractivity contribution in [1.29, 1.82) is 0 Å². The third-order valence-electron chi connectivity index (χ3n) is 4.83. The molecule has 0 amide bonds. The molecule has 0 saturated heterocycles. The normalized spacial score (nSPS) is 20.8. The maximum atomic E-state index is 2.46. The van der Waals surface area contributed by atoms with E-state index in [1.165, 1.54) is 49.4 Å². The quantitative estimate of drug-likeness (QED) is 0.443. The van der Waals surface area contributed by atoms with E-state index in [1.807, 2.05) is 0 Å². The molecule has 0 N–H and O–H groups in total. The highest BCUT2D eigenvalue weighted by Crippen LogP contribution is 2.42. The molecule has 0 atom stereocenters. The fourth-order valence-corrected chi connectivity index (χ4v) is 8.37. The van der Waals surface area contributed by atoms with Gasteiger partial charge in [0, 0.05) is 0 Å². The van der Waals surface area contributed by atoms with E-state index in [9.17, 15) is 0 Å². The van der Waals surface area contributed by atoms with Crippen LogP contribution in [0.5, 0.6) is 0 Å². The molecule has 0 aliphatic heterocycles. The third-order valence-corrected chi connectivity index (χ3v) is 11.4. The Hall–Kier alpha value is 0.217. The summed E-state index contributed by atoms with van der Waals surface area (Å²) in [6.07, 6.45) is 9.22. The van der Waals surface area contributed by atoms with Gasteiger partial charge in [0.25, 0.3) is 0 Å². The Labute approximate surface area is 91.5 Å². The zero-order valence-corrected chi connectivity index (χ0v) is 11.4. The molecule has 0 aromatic carbocycles. The minimum atomic E-state index is -0.849. The van der Waals surface area contributed by atoms with Crippen LogP contribution in [-0.4, -0.2) is 8.07 Å². The van der Waals surface area contributed by atoms with Crippen molar-refractivity contribution in [2.24, 2.45) is 0 Å². The summed E-state index contributed by atoms with van der Waals surface area (Å²) in [5.74, 6) is 0. The van der Waals surface area contributed by atoms with Crippen molar-refractivity contribution in [1.82, 2.24) is 0 Å². The average Bonchev–Trinajstić information content (AvgIpc) is 2.51. The molecule has 1 aliphatic rings. The lowest BCUT2D eigenvalue weighted by atomic mass is 10.2. The fraction of sp³-hybridized carbons (Fsp3) is 1.00. The first kappa shape index (κ1) is 12.3. The maximum absolute atomic E-state index is 2.46. The van der Waals surface area contributed by atoms with Crippen LogP contribution < -0.4 is 0 Å². The van der Waals surface area contributed by atoms with E-state index < -0.39 is 8.07 Å². The highest BCUT2D eigenvalue weighted by atomic mass is 28.3. The van der Waals surface area contributed by atoms with E-state index >= 15 is 0 Å². The summed E-state index contributed by atoms with van der Waals surface area (Å²) in [6, 6.07) is 4.60. The zero-order valence-electron chi connectivity index (χ0n) is 10.4. The minimum Gasteiger partial charge on any atom is -0.0678 e. The van der Waals surface area contributed by atoms with Crippen LogP contribution in [-0.2, 0) is 0 Å². The third kappa shape index (κ3) is 2.62. The van der Waals surface area contributed by atoms with Crippen LogP contribution in [0.1, 0.15) is 59.3 Å². The van der Waals surface area contributed by atoms with E-state index in [0.29, 0.717) is 0 Å². The Balaban J connectivity index is 2.64. The molecule has 0 aromatic heterocycles. The zero-order chi connectivity index (χ0) is 10.4. The molecule has 0 heterocycles. The number of hydrogen-bond acceptors (Lipinski definition) is 0. The second-order valence-corrected chi connectivity index (χ2v) is 10.8. The molecule has 0 aromatic rings. The van der Waals surface area contributed by atoms with E-state index in [0.717, 1.165) is 0 Å². The van der Waals surface area contributed by atoms with Gasteiger partial charge < -0.3 is 0 Å². The second kappa shape index (κ2) is 5.94. The van der Waals surface area contributed by atoms with E-state index in [4.69, 9.17) is 0 Å². The van der Waals surface area contributed by atoms with Gasteiger partial charge in [-0.15, -0.1) is 0 Å². The van der Waals surface area contributed by atoms with Gasteiger partial charge in [-0.05, 0) is 5.54 Å². The summed E-state index contributed by atoms with van der Waals surface area (Å²) >= 11 is 0. The molecular weight excluding hydrogens is 184 g/mol. The van der Waals surface area contributed by atoms with Gasteiger partial charge in [0.05, 0.1) is 8.07 Å². The van der Waals surface area contributed by atoms with Crippen LogP contribution in [0.25, 0.3) is 0 Å². The van der Waals surface area contributed by atoms with Gasteiger partial charge in [0.15, 0.2) is 0 Å². The standard InChI is InChI=1S/C13H28Si/c1-4-14(5-2,6-3)13-11-9-7-8-10-12-13/h13H,4-12H2,1-3H3. The Morgan fingerprint density at radius 2 is 1.21 bits per heavy atom. The molecule has 1 aliphatic carbocycles. The summed E-state index contributed by atoms with van der Waals surface area (Å²) < 4.78 is 0. The van der Waals surface area contributed by atoms with Gasteiger partial charge in [-0.1, -0.05) is 77.4 Å². The molecule has 1 rings (SSSR count). The fourth-order valence-electron chi connectivity index (χ4n) is 3.51. The molecular formula is C13H28Si. The van der Waals surface area contributed by atoms with Crippen molar-refractivity contribution in [3.63, 3.8) is 0 Å². The van der Waals surface area contributed by atoms with Crippen LogP contribution in [0.3, 0.4) is 0 Å². The monoisotopic (exact) mass is 212 g/mol. The van der Waals surface area contributed by atoms with Gasteiger partial charge in [-0.25, -0.2) is 0 Å². The molecule has 84 valence electrons. The molecule has 1 fully saturated rings. The van der Waals surface area contributed by atoms with E-state index in [2.05, 4.69) is 20.8 Å². The van der Waals surface area contributed by atoms with Crippen molar-refractivity contribution in [2.45, 2.75) is 83.0 Å². The molecule has 0 bridgehead atoms. The molecule has 0 nitrogen and oxygen atoms in total. The Kier molecular flexibility index (Phi) is 5.22. The van der Waals surface area contributed by atoms with Gasteiger partial charge >= 0.3 is 0 Å². The van der Waals surface area contributed by atoms with Crippen LogP contribution in [0.15, 0.2) is 0 Å². The summed E-state index contributed by atoms with van der Waals surface area (Å²) in [4.78, 5) is 0. The van der Waals surface area contributed by atoms with Crippen LogP contribution in [0, 0.1) is 0 Å². The smallest absolute Gasteiger partial charge is 0.0558 e. The van der Waals surface area contributed by atoms with E-state index in [1.54, 1.807) is 12.8 Å². The van der Waals surface area contributed by atoms with Gasteiger partial charge in [0.2, 0.25) is 0 Å². The molecule has 1 heteroatoms. The number of hydrogen-bond donors (Lipinski definition) is 0. The molecule has 1 saturated carbocycles. The molecule has 0 unspecified atom stereocenters. The summed E-state index contributed by atoms with van der Waals surface area (Å²) in [5, 5.41) is 0. The lowest BCUT2D eigenvalue weighted by Gasteiger charge is -2.37. The molecule has 14 heavy (non-hydrogen) atoms. The lowest BCUT2D eigenvalue weighted by molar-refractivity contribution is 0.662. The average molecular weight is 212 g/mol. The van der Waals surface area contributed by atoms with Gasteiger partial charge in [-0.3, -0.25) is 0 Å². The second-order valence-electron chi connectivity index (χ2n) is 5.11. The molecule has 0 radical (unpaired) electrons. The first-order chi connectivity index (χ1) is 6.79. The first-order valence-electron chi connectivity index (χ1n) is 6.79. The lowest BCUT2D eigenvalue weighted by Crippen LogP contribution is -2.37. The van der Waals surface area contributed by atoms with Gasteiger partial charge in [0.1, 0.15) is 0 Å². The highest BCUT2D eigenvalue weighted by molar-refractivity contribution is 6.81. The van der Waals surface area contributed by atoms with Crippen molar-refractivity contribution in [3.05, 3.63) is 0 Å². The largest absolute Gasteiger partial charge is 0.0678 e. The Morgan fingerprint density at radius 1 is 0.786 bits per heavy atom. The SMILES string of the molecule is CC[Si](CC)(CC)C1CCCCCC1.